The first-order valence-electron chi connectivity index (χ1n) is 9.30. The van der Waals surface area contributed by atoms with Gasteiger partial charge >= 0.3 is 0 Å². The van der Waals surface area contributed by atoms with E-state index < -0.39 is 6.17 Å². The average molecular weight is 486 g/mol. The molecule has 2 amide bonds. The molecular formula is C21H20BrN5O2S. The average Bonchev–Trinajstić information content (AvgIpc) is 3.11. The lowest BCUT2D eigenvalue weighted by molar-refractivity contribution is -0.122. The van der Waals surface area contributed by atoms with E-state index in [4.69, 9.17) is 0 Å². The predicted molar refractivity (Wildman–Crippen MR) is 124 cm³/mol. The summed E-state index contributed by atoms with van der Waals surface area (Å²) < 4.78 is 0.946. The molecule has 2 N–H and O–H groups in total. The van der Waals surface area contributed by atoms with Gasteiger partial charge in [-0.05, 0) is 61.4 Å². The number of anilines is 2. The topological polar surface area (TPSA) is 77.0 Å². The Kier molecular flexibility index (Phi) is 5.83. The number of hydrogen-bond acceptors (Lipinski definition) is 6. The van der Waals surface area contributed by atoms with Gasteiger partial charge in [0.25, 0.3) is 5.91 Å². The minimum absolute atomic E-state index is 0.125. The number of thioether (sulfide) groups is 1. The second kappa shape index (κ2) is 8.53. The Balaban J connectivity index is 1.38. The van der Waals surface area contributed by atoms with Crippen LogP contribution in [-0.4, -0.2) is 33.8 Å². The zero-order valence-electron chi connectivity index (χ0n) is 16.4. The quantitative estimate of drug-likeness (QED) is 0.689. The third-order valence-electron chi connectivity index (χ3n) is 4.57. The van der Waals surface area contributed by atoms with Gasteiger partial charge in [0.2, 0.25) is 12.1 Å². The molecule has 1 unspecified atom stereocenters. The number of nitrogens with zero attached hydrogens (tertiary/aromatic N) is 3. The number of hydrogen-bond donors (Lipinski definition) is 2. The lowest BCUT2D eigenvalue weighted by atomic mass is 10.1. The second-order valence-electron chi connectivity index (χ2n) is 7.03. The van der Waals surface area contributed by atoms with Gasteiger partial charge in [0.1, 0.15) is 0 Å². The Morgan fingerprint density at radius 1 is 1.17 bits per heavy atom. The van der Waals surface area contributed by atoms with E-state index in [9.17, 15) is 9.59 Å². The number of hydrazone groups is 1. The number of carbonyl (C=O) groups excluding carboxylic acids is 2. The number of aryl methyl sites for hydroxylation is 2. The summed E-state index contributed by atoms with van der Waals surface area (Å²) in [7, 11) is 0. The highest BCUT2D eigenvalue weighted by molar-refractivity contribution is 9.10. The highest BCUT2D eigenvalue weighted by atomic mass is 79.9. The lowest BCUT2D eigenvalue weighted by Gasteiger charge is -2.31. The molecule has 0 aliphatic carbocycles. The van der Waals surface area contributed by atoms with Gasteiger partial charge in [0.05, 0.1) is 5.75 Å². The molecular weight excluding hydrogens is 466 g/mol. The maximum atomic E-state index is 12.9. The van der Waals surface area contributed by atoms with Crippen LogP contribution in [0.5, 0.6) is 0 Å². The third kappa shape index (κ3) is 4.36. The summed E-state index contributed by atoms with van der Waals surface area (Å²) in [5.74, 6) is -0.0753. The molecule has 1 atom stereocenters. The predicted octanol–water partition coefficient (Wildman–Crippen LogP) is 3.76. The molecule has 4 rings (SSSR count). The van der Waals surface area contributed by atoms with E-state index in [-0.39, 0.29) is 17.6 Å². The van der Waals surface area contributed by atoms with E-state index in [1.54, 1.807) is 22.2 Å². The Morgan fingerprint density at radius 2 is 1.87 bits per heavy atom. The fraction of sp³-hybridized carbons (Fsp3) is 0.190. The van der Waals surface area contributed by atoms with Crippen LogP contribution in [0.2, 0.25) is 0 Å². The van der Waals surface area contributed by atoms with Crippen molar-refractivity contribution in [1.82, 2.24) is 10.3 Å². The number of nitrogens with one attached hydrogen (secondary N) is 2. The van der Waals surface area contributed by atoms with Gasteiger partial charge in [0, 0.05) is 28.2 Å². The molecule has 9 heteroatoms. The monoisotopic (exact) mass is 485 g/mol. The Hall–Kier alpha value is -2.78. The SMILES string of the molecule is Cc1cc(C)cc(NC(=O)CSC2=NNC3C(=O)N(c4ccc(Br)cc4)C=CN23)c1. The maximum Gasteiger partial charge on any atom is 0.276 e. The van der Waals surface area contributed by atoms with Gasteiger partial charge in [0.15, 0.2) is 5.17 Å². The van der Waals surface area contributed by atoms with Gasteiger partial charge in [-0.2, -0.15) is 5.10 Å². The number of halogens is 1. The van der Waals surface area contributed by atoms with Gasteiger partial charge in [-0.3, -0.25) is 24.8 Å². The van der Waals surface area contributed by atoms with Crippen molar-refractivity contribution in [2.45, 2.75) is 20.0 Å². The van der Waals surface area contributed by atoms with Crippen LogP contribution in [0, 0.1) is 13.8 Å². The van der Waals surface area contributed by atoms with Crippen molar-refractivity contribution < 1.29 is 9.59 Å². The molecule has 7 nitrogen and oxygen atoms in total. The number of carbonyl (C=O) groups is 2. The van der Waals surface area contributed by atoms with E-state index in [0.29, 0.717) is 5.17 Å². The van der Waals surface area contributed by atoms with Crippen LogP contribution >= 0.6 is 27.7 Å². The number of benzene rings is 2. The molecule has 0 fully saturated rings. The fourth-order valence-electron chi connectivity index (χ4n) is 3.31. The van der Waals surface area contributed by atoms with Crippen LogP contribution < -0.4 is 15.6 Å². The molecule has 154 valence electrons. The van der Waals surface area contributed by atoms with Gasteiger partial charge in [-0.25, -0.2) is 0 Å². The van der Waals surface area contributed by atoms with E-state index in [1.807, 2.05) is 50.2 Å². The first-order chi connectivity index (χ1) is 14.4. The molecule has 2 aromatic carbocycles. The highest BCUT2D eigenvalue weighted by Crippen LogP contribution is 2.26. The largest absolute Gasteiger partial charge is 0.325 e. The minimum atomic E-state index is -0.622. The third-order valence-corrected chi connectivity index (χ3v) is 6.07. The standard InChI is InChI=1S/C21H20BrN5O2S/c1-13-9-14(2)11-16(10-13)23-18(28)12-30-21-25-24-19-20(29)26(7-8-27(19)21)17-5-3-15(22)4-6-17/h3-11,19,24H,12H2,1-2H3,(H,23,28). The maximum absolute atomic E-state index is 12.9. The zero-order valence-corrected chi connectivity index (χ0v) is 18.8. The van der Waals surface area contributed by atoms with Crippen LogP contribution in [0.25, 0.3) is 0 Å². The van der Waals surface area contributed by atoms with Crippen LogP contribution in [0.15, 0.2) is 64.4 Å². The Bertz CT molecular complexity index is 1030. The number of rotatable bonds is 4. The van der Waals surface area contributed by atoms with Crippen molar-refractivity contribution >= 4 is 56.0 Å². The van der Waals surface area contributed by atoms with Crippen LogP contribution in [0.1, 0.15) is 11.1 Å². The van der Waals surface area contributed by atoms with E-state index >= 15 is 0 Å². The van der Waals surface area contributed by atoms with Gasteiger partial charge in [-0.15, -0.1) is 0 Å². The first-order valence-corrected chi connectivity index (χ1v) is 11.1. The van der Waals surface area contributed by atoms with E-state index in [2.05, 4.69) is 37.8 Å². The molecule has 2 heterocycles. The highest BCUT2D eigenvalue weighted by Gasteiger charge is 2.38. The number of amides is 2. The van der Waals surface area contributed by atoms with Crippen molar-refractivity contribution in [3.8, 4) is 0 Å². The molecule has 0 saturated heterocycles. The van der Waals surface area contributed by atoms with Crippen LogP contribution in [0.4, 0.5) is 11.4 Å². The summed E-state index contributed by atoms with van der Waals surface area (Å²) >= 11 is 4.68. The number of fused-ring (bicyclic) bond motifs is 1. The van der Waals surface area contributed by atoms with Crippen molar-refractivity contribution in [2.75, 3.05) is 16.0 Å². The second-order valence-corrected chi connectivity index (χ2v) is 8.89. The van der Waals surface area contributed by atoms with E-state index in [0.717, 1.165) is 27.0 Å². The molecule has 0 aromatic heterocycles. The zero-order chi connectivity index (χ0) is 21.3. The molecule has 30 heavy (non-hydrogen) atoms. The first kappa shape index (κ1) is 20.5. The smallest absolute Gasteiger partial charge is 0.276 e. The summed E-state index contributed by atoms with van der Waals surface area (Å²) in [4.78, 5) is 28.6. The van der Waals surface area contributed by atoms with Crippen LogP contribution in [-0.2, 0) is 9.59 Å². The van der Waals surface area contributed by atoms with Crippen molar-refractivity contribution in [2.24, 2.45) is 5.10 Å². The summed E-state index contributed by atoms with van der Waals surface area (Å²) in [6.45, 7) is 3.99. The molecule has 2 aliphatic rings. The summed E-state index contributed by atoms with van der Waals surface area (Å²) in [5.41, 5.74) is 6.61. The summed E-state index contributed by atoms with van der Waals surface area (Å²) in [6.07, 6.45) is 2.88. The van der Waals surface area contributed by atoms with Crippen molar-refractivity contribution in [3.63, 3.8) is 0 Å². The molecule has 0 saturated carbocycles. The molecule has 0 spiro atoms. The van der Waals surface area contributed by atoms with E-state index in [1.165, 1.54) is 11.8 Å². The normalized spacial score (nSPS) is 17.5. The Labute approximate surface area is 187 Å². The molecule has 0 bridgehead atoms. The van der Waals surface area contributed by atoms with Crippen LogP contribution in [0.3, 0.4) is 0 Å². The lowest BCUT2D eigenvalue weighted by Crippen LogP contribution is -2.52. The fourth-order valence-corrected chi connectivity index (χ4v) is 4.34. The summed E-state index contributed by atoms with van der Waals surface area (Å²) in [5, 5.41) is 7.74. The minimum Gasteiger partial charge on any atom is -0.325 e. The molecule has 2 aromatic rings. The summed E-state index contributed by atoms with van der Waals surface area (Å²) in [6, 6.07) is 13.4. The van der Waals surface area contributed by atoms with Gasteiger partial charge < -0.3 is 5.32 Å². The number of amidine groups is 1. The van der Waals surface area contributed by atoms with Gasteiger partial charge in [-0.1, -0.05) is 33.8 Å². The molecule has 0 radical (unpaired) electrons. The molecule has 2 aliphatic heterocycles. The van der Waals surface area contributed by atoms with Crippen molar-refractivity contribution in [3.05, 3.63) is 70.5 Å². The Morgan fingerprint density at radius 3 is 2.57 bits per heavy atom. The van der Waals surface area contributed by atoms with Crippen molar-refractivity contribution in [1.29, 1.82) is 0 Å².